The van der Waals surface area contributed by atoms with E-state index >= 15 is 0 Å². The molecule has 1 aliphatic heterocycles. The summed E-state index contributed by atoms with van der Waals surface area (Å²) >= 11 is 0. The van der Waals surface area contributed by atoms with Gasteiger partial charge in [0.05, 0.1) is 145 Å². The highest BCUT2D eigenvalue weighted by Gasteiger charge is 2.22. The Morgan fingerprint density at radius 1 is 0.409 bits per heavy atom. The molecule has 14 nitrogen and oxygen atoms in total. The van der Waals surface area contributed by atoms with Crippen LogP contribution in [-0.4, -0.2) is 170 Å². The van der Waals surface area contributed by atoms with E-state index in [-0.39, 0.29) is 25.0 Å². The Bertz CT molecular complexity index is 706. The topological polar surface area (TPSA) is 139 Å². The molecule has 0 bridgehead atoms. The first-order valence-electron chi connectivity index (χ1n) is 15.3. The van der Waals surface area contributed by atoms with Gasteiger partial charge in [-0.1, -0.05) is 0 Å². The molecular formula is C29H55NO13Si. The molecule has 0 fully saturated rings. The first-order chi connectivity index (χ1) is 21.4. The van der Waals surface area contributed by atoms with Gasteiger partial charge >= 0.3 is 0 Å². The summed E-state index contributed by atoms with van der Waals surface area (Å²) in [4.78, 5) is 23.9. The summed E-state index contributed by atoms with van der Waals surface area (Å²) in [5.74, 6) is -0.610. The smallest absolute Gasteiger partial charge is 0.253 e. The molecule has 0 unspecified atom stereocenters. The lowest BCUT2D eigenvalue weighted by molar-refractivity contribution is -0.137. The normalized spacial score (nSPS) is 13.6. The SMILES string of the molecule is C[Si](C)(C)OCCOCCOCCOCCOCCOCCOCCOCCOCCOCCOCCN1C(=O)C=CC1=O. The van der Waals surface area contributed by atoms with E-state index in [1.165, 1.54) is 12.2 Å². The number of rotatable bonds is 34. The number of hydrogen-bond acceptors (Lipinski definition) is 13. The van der Waals surface area contributed by atoms with Crippen LogP contribution in [-0.2, 0) is 61.4 Å². The van der Waals surface area contributed by atoms with Crippen molar-refractivity contribution in [2.75, 3.05) is 145 Å². The van der Waals surface area contributed by atoms with Crippen molar-refractivity contribution in [1.82, 2.24) is 4.90 Å². The lowest BCUT2D eigenvalue weighted by Crippen LogP contribution is -2.33. The van der Waals surface area contributed by atoms with Gasteiger partial charge < -0.3 is 51.8 Å². The van der Waals surface area contributed by atoms with Crippen molar-refractivity contribution in [3.8, 4) is 0 Å². The van der Waals surface area contributed by atoms with Gasteiger partial charge in [0, 0.05) is 12.2 Å². The molecular weight excluding hydrogens is 598 g/mol. The molecule has 1 heterocycles. The number of ether oxygens (including phenoxy) is 10. The van der Waals surface area contributed by atoms with Crippen molar-refractivity contribution in [3.63, 3.8) is 0 Å². The highest BCUT2D eigenvalue weighted by Crippen LogP contribution is 2.02. The zero-order valence-electron chi connectivity index (χ0n) is 27.0. The van der Waals surface area contributed by atoms with Crippen LogP contribution in [0.2, 0.25) is 19.6 Å². The van der Waals surface area contributed by atoms with Crippen LogP contribution in [0.1, 0.15) is 0 Å². The fourth-order valence-corrected chi connectivity index (χ4v) is 3.99. The molecule has 0 N–H and O–H groups in total. The average molecular weight is 654 g/mol. The third kappa shape index (κ3) is 27.0. The maximum Gasteiger partial charge on any atom is 0.253 e. The predicted octanol–water partition coefficient (Wildman–Crippen LogP) is 0.929. The second-order valence-corrected chi connectivity index (χ2v) is 14.8. The number of amides is 2. The molecule has 0 saturated heterocycles. The summed E-state index contributed by atoms with van der Waals surface area (Å²) in [5, 5.41) is 0. The average Bonchev–Trinajstić information content (AvgIpc) is 3.31. The van der Waals surface area contributed by atoms with Gasteiger partial charge in [0.25, 0.3) is 11.8 Å². The van der Waals surface area contributed by atoms with Crippen LogP contribution >= 0.6 is 0 Å². The molecule has 0 atom stereocenters. The van der Waals surface area contributed by atoms with Crippen LogP contribution in [0.3, 0.4) is 0 Å². The summed E-state index contributed by atoms with van der Waals surface area (Å²) in [6.07, 6.45) is 2.51. The van der Waals surface area contributed by atoms with E-state index in [9.17, 15) is 9.59 Å². The fraction of sp³-hybridized carbons (Fsp3) is 0.862. The number of nitrogens with zero attached hydrogens (tertiary/aromatic N) is 1. The van der Waals surface area contributed by atoms with Gasteiger partial charge in [-0.3, -0.25) is 14.5 Å². The minimum Gasteiger partial charge on any atom is -0.415 e. The Hall–Kier alpha value is -1.34. The maximum atomic E-state index is 11.4. The van der Waals surface area contributed by atoms with Gasteiger partial charge in [-0.15, -0.1) is 0 Å². The van der Waals surface area contributed by atoms with E-state index < -0.39 is 8.32 Å². The summed E-state index contributed by atoms with van der Waals surface area (Å²) < 4.78 is 60.1. The summed E-state index contributed by atoms with van der Waals surface area (Å²) in [6, 6.07) is 0. The summed E-state index contributed by atoms with van der Waals surface area (Å²) in [5.41, 5.74) is 0. The number of imide groups is 1. The van der Waals surface area contributed by atoms with Gasteiger partial charge in [0.1, 0.15) is 0 Å². The minimum absolute atomic E-state index is 0.241. The van der Waals surface area contributed by atoms with E-state index in [1.807, 2.05) is 0 Å². The van der Waals surface area contributed by atoms with Crippen LogP contribution in [0.15, 0.2) is 12.2 Å². The summed E-state index contributed by atoms with van der Waals surface area (Å²) in [6.45, 7) is 17.0. The highest BCUT2D eigenvalue weighted by molar-refractivity contribution is 6.69. The van der Waals surface area contributed by atoms with E-state index in [4.69, 9.17) is 51.8 Å². The molecule has 258 valence electrons. The first-order valence-corrected chi connectivity index (χ1v) is 18.8. The Labute approximate surface area is 263 Å². The molecule has 0 aromatic heterocycles. The number of carbonyl (C=O) groups excluding carboxylic acids is 2. The van der Waals surface area contributed by atoms with Crippen LogP contribution in [0, 0.1) is 0 Å². The first kappa shape index (κ1) is 40.7. The Kier molecular flexibility index (Phi) is 26.9. The van der Waals surface area contributed by atoms with Gasteiger partial charge in [0.15, 0.2) is 8.32 Å². The number of carbonyl (C=O) groups is 2. The van der Waals surface area contributed by atoms with Crippen molar-refractivity contribution in [2.45, 2.75) is 19.6 Å². The zero-order valence-corrected chi connectivity index (χ0v) is 28.0. The molecule has 15 heteroatoms. The monoisotopic (exact) mass is 653 g/mol. The van der Waals surface area contributed by atoms with E-state index in [0.717, 1.165) is 4.90 Å². The second-order valence-electron chi connectivity index (χ2n) is 10.2. The van der Waals surface area contributed by atoms with Crippen molar-refractivity contribution < 1.29 is 61.4 Å². The lowest BCUT2D eigenvalue weighted by Gasteiger charge is -2.16. The molecule has 2 amide bonds. The third-order valence-corrected chi connectivity index (χ3v) is 6.54. The highest BCUT2D eigenvalue weighted by atomic mass is 28.4. The lowest BCUT2D eigenvalue weighted by atomic mass is 10.5. The Balaban J connectivity index is 1.63. The van der Waals surface area contributed by atoms with E-state index in [1.54, 1.807) is 0 Å². The van der Waals surface area contributed by atoms with Crippen molar-refractivity contribution in [2.24, 2.45) is 0 Å². The second kappa shape index (κ2) is 29.1. The fourth-order valence-electron chi connectivity index (χ4n) is 3.30. The van der Waals surface area contributed by atoms with Gasteiger partial charge in [-0.05, 0) is 19.6 Å². The largest absolute Gasteiger partial charge is 0.415 e. The molecule has 0 aromatic carbocycles. The van der Waals surface area contributed by atoms with Crippen molar-refractivity contribution in [3.05, 3.63) is 12.2 Å². The quantitative estimate of drug-likeness (QED) is 0.0553. The van der Waals surface area contributed by atoms with Crippen molar-refractivity contribution in [1.29, 1.82) is 0 Å². The molecule has 44 heavy (non-hydrogen) atoms. The van der Waals surface area contributed by atoms with Gasteiger partial charge in [-0.25, -0.2) is 0 Å². The molecule has 1 aliphatic rings. The molecule has 0 saturated carbocycles. The standard InChI is InChI=1S/C29H55NO13Si/c1-44(2,3)43-27-26-42-25-24-41-23-22-40-21-20-39-19-18-38-17-16-37-15-14-36-13-12-35-11-10-34-9-8-33-7-6-30-28(31)4-5-29(30)32/h4-5H,6-27H2,1-3H3. The van der Waals surface area contributed by atoms with E-state index in [0.29, 0.717) is 132 Å². The zero-order chi connectivity index (χ0) is 32.0. The van der Waals surface area contributed by atoms with Crippen LogP contribution < -0.4 is 0 Å². The van der Waals surface area contributed by atoms with Gasteiger partial charge in [0.2, 0.25) is 0 Å². The minimum atomic E-state index is -1.46. The van der Waals surface area contributed by atoms with Crippen LogP contribution in [0.5, 0.6) is 0 Å². The van der Waals surface area contributed by atoms with Crippen LogP contribution in [0.4, 0.5) is 0 Å². The van der Waals surface area contributed by atoms with Gasteiger partial charge in [-0.2, -0.15) is 0 Å². The van der Waals surface area contributed by atoms with Crippen molar-refractivity contribution >= 4 is 20.1 Å². The number of hydrogen-bond donors (Lipinski definition) is 0. The Morgan fingerprint density at radius 3 is 0.886 bits per heavy atom. The molecule has 0 aliphatic carbocycles. The van der Waals surface area contributed by atoms with Crippen LogP contribution in [0.25, 0.3) is 0 Å². The predicted molar refractivity (Wildman–Crippen MR) is 163 cm³/mol. The molecule has 0 aromatic rings. The molecule has 0 radical (unpaired) electrons. The van der Waals surface area contributed by atoms with E-state index in [2.05, 4.69) is 19.6 Å². The molecule has 0 spiro atoms. The Morgan fingerprint density at radius 2 is 0.636 bits per heavy atom. The third-order valence-electron chi connectivity index (χ3n) is 5.47. The maximum absolute atomic E-state index is 11.4. The summed E-state index contributed by atoms with van der Waals surface area (Å²) in [7, 11) is -1.46. The molecule has 1 rings (SSSR count).